The van der Waals surface area contributed by atoms with Crippen LogP contribution in [0.3, 0.4) is 0 Å². The molecule has 18 heavy (non-hydrogen) atoms. The van der Waals surface area contributed by atoms with Gasteiger partial charge in [-0.2, -0.15) is 13.2 Å². The Balaban J connectivity index is 2.89. The molecule has 1 aromatic rings. The molecule has 0 fully saturated rings. The minimum absolute atomic E-state index is 0.0185. The molecule has 0 bridgehead atoms. The highest BCUT2D eigenvalue weighted by Crippen LogP contribution is 2.26. The van der Waals surface area contributed by atoms with Crippen LogP contribution in [0.5, 0.6) is 0 Å². The molecule has 0 spiro atoms. The van der Waals surface area contributed by atoms with E-state index in [-0.39, 0.29) is 12.5 Å². The first-order valence-electron chi connectivity index (χ1n) is 5.29. The molecule has 0 N–H and O–H groups in total. The van der Waals surface area contributed by atoms with Crippen molar-refractivity contribution >= 4 is 33.2 Å². The van der Waals surface area contributed by atoms with Crippen molar-refractivity contribution in [2.75, 3.05) is 13.1 Å². The van der Waals surface area contributed by atoms with Gasteiger partial charge < -0.3 is 4.90 Å². The molecule has 0 radical (unpaired) electrons. The SMILES string of the molecule is CC(C)CN(CC(F)(F)F)C(=O)c1sccc1Br. The van der Waals surface area contributed by atoms with E-state index in [1.807, 2.05) is 0 Å². The second-order valence-electron chi connectivity index (χ2n) is 4.29. The fourth-order valence-electron chi connectivity index (χ4n) is 1.47. The molecule has 0 aliphatic heterocycles. The maximum absolute atomic E-state index is 12.5. The van der Waals surface area contributed by atoms with Crippen molar-refractivity contribution in [1.29, 1.82) is 0 Å². The molecule has 1 heterocycles. The predicted molar refractivity (Wildman–Crippen MR) is 68.8 cm³/mol. The third kappa shape index (κ3) is 4.61. The second-order valence-corrected chi connectivity index (χ2v) is 6.06. The number of halogens is 4. The van der Waals surface area contributed by atoms with Gasteiger partial charge in [0.2, 0.25) is 0 Å². The fourth-order valence-corrected chi connectivity index (χ4v) is 2.97. The van der Waals surface area contributed by atoms with Crippen LogP contribution in [0.15, 0.2) is 15.9 Å². The number of carbonyl (C=O) groups is 1. The summed E-state index contributed by atoms with van der Waals surface area (Å²) in [6, 6.07) is 1.65. The van der Waals surface area contributed by atoms with Crippen molar-refractivity contribution in [3.05, 3.63) is 20.8 Å². The Morgan fingerprint density at radius 2 is 2.11 bits per heavy atom. The quantitative estimate of drug-likeness (QED) is 0.803. The number of amides is 1. The Morgan fingerprint density at radius 3 is 2.50 bits per heavy atom. The highest BCUT2D eigenvalue weighted by molar-refractivity contribution is 9.10. The lowest BCUT2D eigenvalue weighted by molar-refractivity contribution is -0.141. The van der Waals surface area contributed by atoms with Crippen LogP contribution in [-0.2, 0) is 0 Å². The Bertz CT molecular complexity index is 417. The van der Waals surface area contributed by atoms with Gasteiger partial charge in [-0.3, -0.25) is 4.79 Å². The topological polar surface area (TPSA) is 20.3 Å². The average molecular weight is 344 g/mol. The third-order valence-corrected chi connectivity index (χ3v) is 3.88. The second kappa shape index (κ2) is 6.06. The normalized spacial score (nSPS) is 11.9. The van der Waals surface area contributed by atoms with E-state index < -0.39 is 18.6 Å². The lowest BCUT2D eigenvalue weighted by atomic mass is 10.2. The summed E-state index contributed by atoms with van der Waals surface area (Å²) in [6.45, 7) is 2.43. The zero-order chi connectivity index (χ0) is 13.9. The zero-order valence-corrected chi connectivity index (χ0v) is 12.3. The van der Waals surface area contributed by atoms with Crippen LogP contribution < -0.4 is 0 Å². The number of alkyl halides is 3. The molecule has 0 saturated heterocycles. The van der Waals surface area contributed by atoms with E-state index in [9.17, 15) is 18.0 Å². The van der Waals surface area contributed by atoms with Crippen molar-refractivity contribution in [2.45, 2.75) is 20.0 Å². The van der Waals surface area contributed by atoms with Crippen LogP contribution in [-0.4, -0.2) is 30.1 Å². The maximum Gasteiger partial charge on any atom is 0.406 e. The van der Waals surface area contributed by atoms with E-state index >= 15 is 0 Å². The molecule has 0 aromatic carbocycles. The summed E-state index contributed by atoms with van der Waals surface area (Å²) < 4.78 is 37.9. The van der Waals surface area contributed by atoms with Crippen LogP contribution in [0.2, 0.25) is 0 Å². The summed E-state index contributed by atoms with van der Waals surface area (Å²) in [5.41, 5.74) is 0. The summed E-state index contributed by atoms with van der Waals surface area (Å²) >= 11 is 4.30. The highest BCUT2D eigenvalue weighted by Gasteiger charge is 2.34. The van der Waals surface area contributed by atoms with Gasteiger partial charge in [-0.1, -0.05) is 13.8 Å². The van der Waals surface area contributed by atoms with E-state index in [4.69, 9.17) is 0 Å². The van der Waals surface area contributed by atoms with Gasteiger partial charge >= 0.3 is 6.18 Å². The molecule has 0 aliphatic carbocycles. The summed E-state index contributed by atoms with van der Waals surface area (Å²) in [7, 11) is 0. The Kier molecular flexibility index (Phi) is 5.21. The maximum atomic E-state index is 12.5. The smallest absolute Gasteiger partial charge is 0.329 e. The first kappa shape index (κ1) is 15.5. The van der Waals surface area contributed by atoms with Crippen molar-refractivity contribution in [1.82, 2.24) is 4.90 Å². The Hall–Kier alpha value is -0.560. The number of nitrogens with zero attached hydrogens (tertiary/aromatic N) is 1. The Labute approximate surface area is 116 Å². The minimum Gasteiger partial charge on any atom is -0.329 e. The van der Waals surface area contributed by atoms with Crippen LogP contribution in [0.1, 0.15) is 23.5 Å². The van der Waals surface area contributed by atoms with Crippen LogP contribution >= 0.6 is 27.3 Å². The molecule has 1 amide bonds. The lowest BCUT2D eigenvalue weighted by Crippen LogP contribution is -2.40. The van der Waals surface area contributed by atoms with E-state index in [1.165, 1.54) is 0 Å². The zero-order valence-electron chi connectivity index (χ0n) is 9.92. The average Bonchev–Trinajstić information content (AvgIpc) is 2.59. The van der Waals surface area contributed by atoms with Crippen LogP contribution in [0.25, 0.3) is 0 Å². The first-order chi connectivity index (χ1) is 8.20. The van der Waals surface area contributed by atoms with Crippen molar-refractivity contribution < 1.29 is 18.0 Å². The molecular weight excluding hydrogens is 331 g/mol. The number of rotatable bonds is 4. The van der Waals surface area contributed by atoms with Gasteiger partial charge in [-0.05, 0) is 33.3 Å². The van der Waals surface area contributed by atoms with Crippen LogP contribution in [0.4, 0.5) is 13.2 Å². The number of thiophene rings is 1. The van der Waals surface area contributed by atoms with E-state index in [2.05, 4.69) is 15.9 Å². The van der Waals surface area contributed by atoms with Gasteiger partial charge in [0.05, 0.1) is 0 Å². The number of hydrogen-bond donors (Lipinski definition) is 0. The summed E-state index contributed by atoms with van der Waals surface area (Å²) in [6.07, 6.45) is -4.38. The molecule has 0 aliphatic rings. The molecule has 0 atom stereocenters. The van der Waals surface area contributed by atoms with Crippen LogP contribution in [0, 0.1) is 5.92 Å². The van der Waals surface area contributed by atoms with Gasteiger partial charge in [-0.15, -0.1) is 11.3 Å². The minimum atomic E-state index is -4.38. The summed E-state index contributed by atoms with van der Waals surface area (Å²) in [5.74, 6) is -0.599. The van der Waals surface area contributed by atoms with Gasteiger partial charge in [0.15, 0.2) is 0 Å². The molecule has 0 unspecified atom stereocenters. The molecular formula is C11H13BrF3NOS. The molecule has 1 aromatic heterocycles. The van der Waals surface area contributed by atoms with E-state index in [1.54, 1.807) is 25.3 Å². The third-order valence-electron chi connectivity index (χ3n) is 2.05. The molecule has 102 valence electrons. The van der Waals surface area contributed by atoms with Crippen molar-refractivity contribution in [2.24, 2.45) is 5.92 Å². The summed E-state index contributed by atoms with van der Waals surface area (Å²) in [5, 5.41) is 1.67. The lowest BCUT2D eigenvalue weighted by Gasteiger charge is -2.25. The van der Waals surface area contributed by atoms with E-state index in [0.717, 1.165) is 16.2 Å². The largest absolute Gasteiger partial charge is 0.406 e. The fraction of sp³-hybridized carbons (Fsp3) is 0.545. The molecule has 0 saturated carbocycles. The number of carbonyl (C=O) groups excluding carboxylic acids is 1. The van der Waals surface area contributed by atoms with E-state index in [0.29, 0.717) is 9.35 Å². The molecule has 2 nitrogen and oxygen atoms in total. The van der Waals surface area contributed by atoms with Gasteiger partial charge in [0, 0.05) is 11.0 Å². The van der Waals surface area contributed by atoms with Gasteiger partial charge in [0.1, 0.15) is 11.4 Å². The number of hydrogen-bond acceptors (Lipinski definition) is 2. The monoisotopic (exact) mass is 343 g/mol. The Morgan fingerprint density at radius 1 is 1.50 bits per heavy atom. The highest BCUT2D eigenvalue weighted by atomic mass is 79.9. The predicted octanol–water partition coefficient (Wildman–Crippen LogP) is 4.17. The van der Waals surface area contributed by atoms with Gasteiger partial charge in [0.25, 0.3) is 5.91 Å². The molecule has 7 heteroatoms. The first-order valence-corrected chi connectivity index (χ1v) is 6.97. The van der Waals surface area contributed by atoms with Gasteiger partial charge in [-0.25, -0.2) is 0 Å². The van der Waals surface area contributed by atoms with Crippen molar-refractivity contribution in [3.8, 4) is 0 Å². The summed E-state index contributed by atoms with van der Waals surface area (Å²) in [4.78, 5) is 13.2. The van der Waals surface area contributed by atoms with Crippen molar-refractivity contribution in [3.63, 3.8) is 0 Å². The standard InChI is InChI=1S/C11H13BrF3NOS/c1-7(2)5-16(6-11(13,14)15)10(17)9-8(12)3-4-18-9/h3-4,7H,5-6H2,1-2H3. The molecule has 1 rings (SSSR count).